The van der Waals surface area contributed by atoms with Gasteiger partial charge in [-0.3, -0.25) is 4.79 Å². The van der Waals surface area contributed by atoms with Gasteiger partial charge >= 0.3 is 0 Å². The van der Waals surface area contributed by atoms with Gasteiger partial charge in [0, 0.05) is 0 Å². The summed E-state index contributed by atoms with van der Waals surface area (Å²) in [6.45, 7) is 0. The highest BCUT2D eigenvalue weighted by Gasteiger charge is 2.41. The molecular weight excluding hydrogens is 222 g/mol. The van der Waals surface area contributed by atoms with E-state index in [1.54, 1.807) is 12.1 Å². The van der Waals surface area contributed by atoms with Gasteiger partial charge in [-0.05, 0) is 42.1 Å². The van der Waals surface area contributed by atoms with Crippen LogP contribution in [0.15, 0.2) is 24.3 Å². The van der Waals surface area contributed by atoms with E-state index in [0.717, 1.165) is 31.2 Å². The lowest BCUT2D eigenvalue weighted by Crippen LogP contribution is -2.29. The second kappa shape index (κ2) is 4.27. The van der Waals surface area contributed by atoms with Gasteiger partial charge in [0.1, 0.15) is 0 Å². The van der Waals surface area contributed by atoms with Gasteiger partial charge in [-0.2, -0.15) is 5.26 Å². The molecule has 1 saturated carbocycles. The van der Waals surface area contributed by atoms with Gasteiger partial charge in [0.25, 0.3) is 0 Å². The molecule has 0 atom stereocenters. The Labute approximate surface area is 99.8 Å². The van der Waals surface area contributed by atoms with Crippen LogP contribution in [-0.4, -0.2) is 5.24 Å². The quantitative estimate of drug-likeness (QED) is 0.737. The lowest BCUT2D eigenvalue weighted by molar-refractivity contribution is -0.116. The van der Waals surface area contributed by atoms with Crippen LogP contribution in [0, 0.1) is 11.3 Å². The highest BCUT2D eigenvalue weighted by atomic mass is 35.5. The Bertz CT molecular complexity index is 438. The first-order valence-corrected chi connectivity index (χ1v) is 5.77. The molecule has 2 nitrogen and oxygen atoms in total. The highest BCUT2D eigenvalue weighted by molar-refractivity contribution is 6.65. The molecule has 1 aliphatic carbocycles. The molecule has 16 heavy (non-hydrogen) atoms. The van der Waals surface area contributed by atoms with Gasteiger partial charge in [0.2, 0.25) is 5.24 Å². The number of nitriles is 1. The van der Waals surface area contributed by atoms with E-state index in [9.17, 15) is 4.79 Å². The van der Waals surface area contributed by atoms with E-state index in [1.807, 2.05) is 12.1 Å². The second-order valence-corrected chi connectivity index (χ2v) is 4.60. The molecule has 1 aromatic rings. The van der Waals surface area contributed by atoms with Gasteiger partial charge in [0.05, 0.1) is 17.0 Å². The molecule has 3 heteroatoms. The number of benzene rings is 1. The summed E-state index contributed by atoms with van der Waals surface area (Å²) < 4.78 is 0. The predicted octanol–water partition coefficient (Wildman–Crippen LogP) is 3.14. The van der Waals surface area contributed by atoms with Gasteiger partial charge in [-0.1, -0.05) is 25.0 Å². The van der Waals surface area contributed by atoms with Gasteiger partial charge < -0.3 is 0 Å². The molecule has 2 rings (SSSR count). The van der Waals surface area contributed by atoms with Crippen molar-refractivity contribution in [1.82, 2.24) is 0 Å². The molecule has 0 N–H and O–H groups in total. The second-order valence-electron chi connectivity index (χ2n) is 4.25. The van der Waals surface area contributed by atoms with Gasteiger partial charge in [-0.25, -0.2) is 0 Å². The van der Waals surface area contributed by atoms with Crippen molar-refractivity contribution in [3.05, 3.63) is 35.4 Å². The molecule has 1 fully saturated rings. The van der Waals surface area contributed by atoms with Crippen LogP contribution in [-0.2, 0) is 10.2 Å². The molecule has 1 aliphatic rings. The highest BCUT2D eigenvalue weighted by Crippen LogP contribution is 2.42. The molecule has 0 aromatic heterocycles. The molecule has 0 amide bonds. The van der Waals surface area contributed by atoms with Crippen LogP contribution in [0.25, 0.3) is 0 Å². The third-order valence-corrected chi connectivity index (χ3v) is 3.76. The van der Waals surface area contributed by atoms with Crippen molar-refractivity contribution in [1.29, 1.82) is 5.26 Å². The Morgan fingerprint density at radius 1 is 1.25 bits per heavy atom. The lowest BCUT2D eigenvalue weighted by Gasteiger charge is -2.24. The molecule has 0 saturated heterocycles. The van der Waals surface area contributed by atoms with E-state index >= 15 is 0 Å². The maximum absolute atomic E-state index is 11.6. The van der Waals surface area contributed by atoms with E-state index in [0.29, 0.717) is 5.56 Å². The van der Waals surface area contributed by atoms with Crippen LogP contribution in [0.2, 0.25) is 0 Å². The van der Waals surface area contributed by atoms with Crippen molar-refractivity contribution in [2.75, 3.05) is 0 Å². The number of hydrogen-bond acceptors (Lipinski definition) is 2. The van der Waals surface area contributed by atoms with E-state index in [-0.39, 0.29) is 5.24 Å². The van der Waals surface area contributed by atoms with Crippen molar-refractivity contribution < 1.29 is 4.79 Å². The number of rotatable bonds is 2. The SMILES string of the molecule is N#Cc1ccc(C2(C(=O)Cl)CCCC2)cc1. The fourth-order valence-corrected chi connectivity index (χ4v) is 2.74. The van der Waals surface area contributed by atoms with E-state index in [4.69, 9.17) is 16.9 Å². The van der Waals surface area contributed by atoms with Crippen LogP contribution < -0.4 is 0 Å². The summed E-state index contributed by atoms with van der Waals surface area (Å²) in [4.78, 5) is 11.6. The topological polar surface area (TPSA) is 40.9 Å². The molecule has 1 aromatic carbocycles. The van der Waals surface area contributed by atoms with E-state index in [1.165, 1.54) is 0 Å². The van der Waals surface area contributed by atoms with Crippen molar-refractivity contribution in [3.8, 4) is 6.07 Å². The van der Waals surface area contributed by atoms with Gasteiger partial charge in [-0.15, -0.1) is 0 Å². The minimum absolute atomic E-state index is 0.269. The third-order valence-electron chi connectivity index (χ3n) is 3.40. The minimum Gasteiger partial charge on any atom is -0.280 e. The van der Waals surface area contributed by atoms with Gasteiger partial charge in [0.15, 0.2) is 0 Å². The van der Waals surface area contributed by atoms with Crippen LogP contribution >= 0.6 is 11.6 Å². The summed E-state index contributed by atoms with van der Waals surface area (Å²) >= 11 is 5.75. The fourth-order valence-electron chi connectivity index (χ4n) is 2.44. The standard InChI is InChI=1S/C13H12ClNO/c14-12(16)13(7-1-2-8-13)11-5-3-10(9-15)4-6-11/h3-6H,1-2,7-8H2. The summed E-state index contributed by atoms with van der Waals surface area (Å²) in [5.41, 5.74) is 1.05. The molecule has 0 radical (unpaired) electrons. The van der Waals surface area contributed by atoms with Crippen LogP contribution in [0.1, 0.15) is 36.8 Å². The summed E-state index contributed by atoms with van der Waals surface area (Å²) in [5.74, 6) is 0. The van der Waals surface area contributed by atoms with E-state index < -0.39 is 5.41 Å². The summed E-state index contributed by atoms with van der Waals surface area (Å²) in [6, 6.07) is 9.26. The predicted molar refractivity (Wildman–Crippen MR) is 62.2 cm³/mol. The van der Waals surface area contributed by atoms with Crippen LogP contribution in [0.5, 0.6) is 0 Å². The first kappa shape index (κ1) is 11.2. The number of halogens is 1. The normalized spacial score (nSPS) is 18.0. The summed E-state index contributed by atoms with van der Waals surface area (Å²) in [7, 11) is 0. The Morgan fingerprint density at radius 3 is 2.25 bits per heavy atom. The Hall–Kier alpha value is -1.33. The molecule has 0 unspecified atom stereocenters. The zero-order valence-electron chi connectivity index (χ0n) is 8.87. The lowest BCUT2D eigenvalue weighted by atomic mass is 9.80. The molecule has 0 bridgehead atoms. The molecule has 0 heterocycles. The van der Waals surface area contributed by atoms with Crippen molar-refractivity contribution in [2.24, 2.45) is 0 Å². The minimum atomic E-state index is -0.504. The number of carbonyl (C=O) groups excluding carboxylic acids is 1. The maximum atomic E-state index is 11.6. The monoisotopic (exact) mass is 233 g/mol. The molecule has 0 spiro atoms. The Kier molecular flexibility index (Phi) is 2.98. The molecular formula is C13H12ClNO. The van der Waals surface area contributed by atoms with Crippen molar-refractivity contribution in [3.63, 3.8) is 0 Å². The van der Waals surface area contributed by atoms with Crippen molar-refractivity contribution >= 4 is 16.8 Å². The number of nitrogens with zero attached hydrogens (tertiary/aromatic N) is 1. The smallest absolute Gasteiger partial charge is 0.232 e. The molecule has 0 aliphatic heterocycles. The fraction of sp³-hybridized carbons (Fsp3) is 0.385. The molecule has 82 valence electrons. The van der Waals surface area contributed by atoms with E-state index in [2.05, 4.69) is 6.07 Å². The maximum Gasteiger partial charge on any atom is 0.232 e. The first-order chi connectivity index (χ1) is 7.69. The average Bonchev–Trinajstić information content (AvgIpc) is 2.79. The zero-order chi connectivity index (χ0) is 11.6. The van der Waals surface area contributed by atoms with Crippen molar-refractivity contribution in [2.45, 2.75) is 31.1 Å². The first-order valence-electron chi connectivity index (χ1n) is 5.40. The summed E-state index contributed by atoms with van der Waals surface area (Å²) in [6.07, 6.45) is 3.72. The average molecular weight is 234 g/mol. The van der Waals surface area contributed by atoms with Crippen LogP contribution in [0.4, 0.5) is 0 Å². The Balaban J connectivity index is 2.40. The van der Waals surface area contributed by atoms with Crippen LogP contribution in [0.3, 0.4) is 0 Å². The number of carbonyl (C=O) groups is 1. The zero-order valence-corrected chi connectivity index (χ0v) is 9.63. The Morgan fingerprint density at radius 2 is 1.81 bits per heavy atom. The largest absolute Gasteiger partial charge is 0.280 e. The summed E-state index contributed by atoms with van der Waals surface area (Å²) in [5, 5.41) is 8.46. The number of hydrogen-bond donors (Lipinski definition) is 0. The third kappa shape index (κ3) is 1.72.